The van der Waals surface area contributed by atoms with Crippen LogP contribution in [0.15, 0.2) is 0 Å². The lowest BCUT2D eigenvalue weighted by molar-refractivity contribution is -0.131. The predicted molar refractivity (Wildman–Crippen MR) is 50.7 cm³/mol. The molecule has 0 aromatic carbocycles. The third kappa shape index (κ3) is 4.48. The van der Waals surface area contributed by atoms with Crippen molar-refractivity contribution in [3.05, 3.63) is 0 Å². The van der Waals surface area contributed by atoms with Crippen molar-refractivity contribution in [3.8, 4) is 6.07 Å². The maximum Gasteiger partial charge on any atom is 0.224 e. The molecule has 0 spiro atoms. The van der Waals surface area contributed by atoms with Gasteiger partial charge in [0.2, 0.25) is 5.91 Å². The molecule has 13 heavy (non-hydrogen) atoms. The smallest absolute Gasteiger partial charge is 0.224 e. The highest BCUT2D eigenvalue weighted by Gasteiger charge is 2.15. The highest BCUT2D eigenvalue weighted by atomic mass is 16.2. The van der Waals surface area contributed by atoms with Crippen LogP contribution in [0.1, 0.15) is 26.7 Å². The van der Waals surface area contributed by atoms with E-state index in [1.165, 1.54) is 0 Å². The molecule has 0 saturated carbocycles. The second-order valence-corrected chi connectivity index (χ2v) is 3.40. The summed E-state index contributed by atoms with van der Waals surface area (Å²) >= 11 is 0. The summed E-state index contributed by atoms with van der Waals surface area (Å²) in [7, 11) is 1.70. The molecule has 4 heteroatoms. The van der Waals surface area contributed by atoms with Crippen LogP contribution in [0.5, 0.6) is 0 Å². The monoisotopic (exact) mass is 183 g/mol. The van der Waals surface area contributed by atoms with Crippen molar-refractivity contribution in [2.45, 2.75) is 38.8 Å². The fourth-order valence-electron chi connectivity index (χ4n) is 0.934. The quantitative estimate of drug-likeness (QED) is 0.689. The van der Waals surface area contributed by atoms with Crippen LogP contribution in [0, 0.1) is 11.3 Å². The molecular formula is C9H17N3O. The Morgan fingerprint density at radius 2 is 2.15 bits per heavy atom. The summed E-state index contributed by atoms with van der Waals surface area (Å²) in [6.45, 7) is 3.64. The first-order valence-electron chi connectivity index (χ1n) is 4.37. The van der Waals surface area contributed by atoms with Crippen LogP contribution in [0.3, 0.4) is 0 Å². The number of nitrogens with zero attached hydrogens (tertiary/aromatic N) is 2. The topological polar surface area (TPSA) is 70.1 Å². The van der Waals surface area contributed by atoms with Crippen molar-refractivity contribution in [1.82, 2.24) is 4.90 Å². The molecule has 0 aliphatic heterocycles. The molecule has 2 unspecified atom stereocenters. The second kappa shape index (κ2) is 5.55. The van der Waals surface area contributed by atoms with E-state index < -0.39 is 0 Å². The van der Waals surface area contributed by atoms with E-state index >= 15 is 0 Å². The summed E-state index contributed by atoms with van der Waals surface area (Å²) < 4.78 is 0. The maximum atomic E-state index is 11.4. The lowest BCUT2D eigenvalue weighted by Gasteiger charge is -2.23. The van der Waals surface area contributed by atoms with E-state index in [0.717, 1.165) is 0 Å². The van der Waals surface area contributed by atoms with Crippen LogP contribution < -0.4 is 5.73 Å². The summed E-state index contributed by atoms with van der Waals surface area (Å²) in [4.78, 5) is 13.0. The van der Waals surface area contributed by atoms with Crippen molar-refractivity contribution in [3.63, 3.8) is 0 Å². The Morgan fingerprint density at radius 3 is 2.54 bits per heavy atom. The van der Waals surface area contributed by atoms with Gasteiger partial charge in [-0.3, -0.25) is 4.79 Å². The number of amides is 1. The van der Waals surface area contributed by atoms with Crippen LogP contribution in [-0.4, -0.2) is 29.9 Å². The Hall–Kier alpha value is -1.08. The van der Waals surface area contributed by atoms with Crippen molar-refractivity contribution >= 4 is 5.91 Å². The normalized spacial score (nSPS) is 14.4. The summed E-state index contributed by atoms with van der Waals surface area (Å²) in [6, 6.07) is 1.88. The Kier molecular flexibility index (Phi) is 5.09. The first-order valence-corrected chi connectivity index (χ1v) is 4.37. The van der Waals surface area contributed by atoms with Gasteiger partial charge in [0.1, 0.15) is 0 Å². The summed E-state index contributed by atoms with van der Waals surface area (Å²) in [5.74, 6) is -0.00208. The number of nitrogens with two attached hydrogens (primary N) is 1. The minimum Gasteiger partial charge on any atom is -0.342 e. The number of carbonyl (C=O) groups excluding carboxylic acids is 1. The van der Waals surface area contributed by atoms with E-state index in [2.05, 4.69) is 0 Å². The van der Waals surface area contributed by atoms with Crippen molar-refractivity contribution in [1.29, 1.82) is 5.26 Å². The fraction of sp³-hybridized carbons (Fsp3) is 0.778. The number of rotatable bonds is 4. The lowest BCUT2D eigenvalue weighted by Crippen LogP contribution is -2.37. The third-order valence-corrected chi connectivity index (χ3v) is 1.94. The zero-order valence-corrected chi connectivity index (χ0v) is 8.45. The van der Waals surface area contributed by atoms with Gasteiger partial charge in [-0.1, -0.05) is 0 Å². The molecule has 0 aliphatic rings. The van der Waals surface area contributed by atoms with E-state index in [-0.39, 0.29) is 18.0 Å². The molecule has 2 N–H and O–H groups in total. The van der Waals surface area contributed by atoms with Gasteiger partial charge in [-0.05, 0) is 13.8 Å². The first-order chi connectivity index (χ1) is 5.99. The van der Waals surface area contributed by atoms with Crippen molar-refractivity contribution in [2.24, 2.45) is 5.73 Å². The van der Waals surface area contributed by atoms with Gasteiger partial charge < -0.3 is 10.6 Å². The van der Waals surface area contributed by atoms with Crippen LogP contribution in [0.2, 0.25) is 0 Å². The minimum absolute atomic E-state index is 0.00208. The average Bonchev–Trinajstić information content (AvgIpc) is 2.02. The lowest BCUT2D eigenvalue weighted by atomic mass is 10.2. The minimum atomic E-state index is -0.121. The average molecular weight is 183 g/mol. The van der Waals surface area contributed by atoms with Gasteiger partial charge in [0.15, 0.2) is 0 Å². The van der Waals surface area contributed by atoms with Gasteiger partial charge in [-0.2, -0.15) is 5.26 Å². The number of hydrogen-bond donors (Lipinski definition) is 1. The Balaban J connectivity index is 4.03. The van der Waals surface area contributed by atoms with Crippen molar-refractivity contribution < 1.29 is 4.79 Å². The van der Waals surface area contributed by atoms with E-state index in [9.17, 15) is 4.79 Å². The van der Waals surface area contributed by atoms with Gasteiger partial charge in [-0.25, -0.2) is 0 Å². The first kappa shape index (κ1) is 11.9. The van der Waals surface area contributed by atoms with Crippen molar-refractivity contribution in [2.75, 3.05) is 7.05 Å². The molecule has 2 atom stereocenters. The molecule has 0 aromatic heterocycles. The molecule has 4 nitrogen and oxygen atoms in total. The van der Waals surface area contributed by atoms with Crippen LogP contribution in [0.25, 0.3) is 0 Å². The Bertz CT molecular complexity index is 207. The van der Waals surface area contributed by atoms with E-state index in [4.69, 9.17) is 11.0 Å². The molecule has 0 rings (SSSR count). The van der Waals surface area contributed by atoms with Gasteiger partial charge >= 0.3 is 0 Å². The SMILES string of the molecule is CC(N)CC(=O)N(C)C(C)CC#N. The molecule has 1 amide bonds. The predicted octanol–water partition coefficient (Wildman–Crippen LogP) is 0.484. The molecule has 0 heterocycles. The maximum absolute atomic E-state index is 11.4. The zero-order valence-electron chi connectivity index (χ0n) is 8.45. The fourth-order valence-corrected chi connectivity index (χ4v) is 0.934. The van der Waals surface area contributed by atoms with Gasteiger partial charge in [0, 0.05) is 25.6 Å². The molecular weight excluding hydrogens is 166 g/mol. The highest BCUT2D eigenvalue weighted by molar-refractivity contribution is 5.76. The molecule has 0 saturated heterocycles. The standard InChI is InChI=1S/C9H17N3O/c1-7(11)6-9(13)12(3)8(2)4-5-10/h7-8H,4,6,11H2,1-3H3. The van der Waals surface area contributed by atoms with Crippen LogP contribution in [-0.2, 0) is 4.79 Å². The largest absolute Gasteiger partial charge is 0.342 e. The number of carbonyl (C=O) groups is 1. The van der Waals surface area contributed by atoms with Crippen LogP contribution in [0.4, 0.5) is 0 Å². The van der Waals surface area contributed by atoms with E-state index in [1.807, 2.05) is 13.0 Å². The molecule has 0 fully saturated rings. The molecule has 0 aromatic rings. The summed E-state index contributed by atoms with van der Waals surface area (Å²) in [5.41, 5.74) is 5.49. The molecule has 0 aliphatic carbocycles. The Morgan fingerprint density at radius 1 is 1.62 bits per heavy atom. The van der Waals surface area contributed by atoms with E-state index in [0.29, 0.717) is 12.8 Å². The molecule has 0 radical (unpaired) electrons. The highest BCUT2D eigenvalue weighted by Crippen LogP contribution is 2.03. The summed E-state index contributed by atoms with van der Waals surface area (Å²) in [5, 5.41) is 8.44. The Labute approximate surface area is 79.3 Å². The van der Waals surface area contributed by atoms with Crippen LogP contribution >= 0.6 is 0 Å². The number of nitriles is 1. The van der Waals surface area contributed by atoms with E-state index in [1.54, 1.807) is 18.9 Å². The van der Waals surface area contributed by atoms with Gasteiger partial charge in [0.05, 0.1) is 12.5 Å². The molecule has 0 bridgehead atoms. The van der Waals surface area contributed by atoms with Gasteiger partial charge in [-0.15, -0.1) is 0 Å². The second-order valence-electron chi connectivity index (χ2n) is 3.40. The number of hydrogen-bond acceptors (Lipinski definition) is 3. The third-order valence-electron chi connectivity index (χ3n) is 1.94. The molecule has 74 valence electrons. The summed E-state index contributed by atoms with van der Waals surface area (Å²) in [6.07, 6.45) is 0.702. The zero-order chi connectivity index (χ0) is 10.4. The van der Waals surface area contributed by atoms with Gasteiger partial charge in [0.25, 0.3) is 0 Å².